The van der Waals surface area contributed by atoms with E-state index in [-0.39, 0.29) is 35.3 Å². The zero-order chi connectivity index (χ0) is 30.0. The summed E-state index contributed by atoms with van der Waals surface area (Å²) in [7, 11) is 6.71. The Hall–Kier alpha value is -4.66. The third-order valence-corrected chi connectivity index (χ3v) is 8.18. The largest absolute Gasteiger partial charge is 0.508 e. The number of rotatable bonds is 3. The number of hydrogen-bond acceptors (Lipinski definition) is 10. The average Bonchev–Trinajstić information content (AvgIpc) is 2.90. The minimum absolute atomic E-state index is 0.0111. The molecule has 0 radical (unpaired) electrons. The second-order valence-corrected chi connectivity index (χ2v) is 11.0. The van der Waals surface area contributed by atoms with Crippen LogP contribution in [0, 0.1) is 23.7 Å². The summed E-state index contributed by atoms with van der Waals surface area (Å²) < 4.78 is 0. The van der Waals surface area contributed by atoms with Crippen LogP contribution < -0.4 is 10.6 Å². The van der Waals surface area contributed by atoms with Crippen molar-refractivity contribution in [3.05, 3.63) is 69.8 Å². The van der Waals surface area contributed by atoms with E-state index in [4.69, 9.17) is 5.73 Å². The summed E-state index contributed by atoms with van der Waals surface area (Å²) in [5, 5.41) is 45.6. The van der Waals surface area contributed by atoms with E-state index in [1.54, 1.807) is 63.7 Å². The van der Waals surface area contributed by atoms with Crippen LogP contribution in [0.4, 0.5) is 5.69 Å². The SMILES string of the molecule is CN(C)c1cc(C#Cc2cccnc2)c(O)c2c1CC1CC3[C@H](N(C)C)C(=O)C(C(N)=O)=C(O)[C@@]3(O)C(=O)C1=C2O. The van der Waals surface area contributed by atoms with Gasteiger partial charge in [0.2, 0.25) is 5.78 Å². The van der Waals surface area contributed by atoms with Crippen molar-refractivity contribution in [2.24, 2.45) is 17.6 Å². The van der Waals surface area contributed by atoms with Crippen molar-refractivity contribution in [1.82, 2.24) is 9.88 Å². The first-order valence-electron chi connectivity index (χ1n) is 12.9. The first-order valence-corrected chi connectivity index (χ1v) is 12.9. The van der Waals surface area contributed by atoms with Gasteiger partial charge in [-0.15, -0.1) is 0 Å². The van der Waals surface area contributed by atoms with Crippen LogP contribution in [0.15, 0.2) is 47.5 Å². The summed E-state index contributed by atoms with van der Waals surface area (Å²) in [6.07, 6.45) is 3.37. The van der Waals surface area contributed by atoms with Crippen molar-refractivity contribution < 1.29 is 34.8 Å². The molecule has 6 N–H and O–H groups in total. The molecule has 0 bridgehead atoms. The van der Waals surface area contributed by atoms with Gasteiger partial charge in [-0.2, -0.15) is 0 Å². The molecule has 1 saturated carbocycles. The normalized spacial score (nSPS) is 25.3. The summed E-state index contributed by atoms with van der Waals surface area (Å²) in [4.78, 5) is 46.7. The van der Waals surface area contributed by atoms with E-state index in [0.29, 0.717) is 16.8 Å². The molecule has 1 aromatic heterocycles. The van der Waals surface area contributed by atoms with Crippen LogP contribution in [-0.4, -0.2) is 87.6 Å². The Morgan fingerprint density at radius 3 is 2.44 bits per heavy atom. The molecule has 2 unspecified atom stereocenters. The zero-order valence-corrected chi connectivity index (χ0v) is 23.0. The van der Waals surface area contributed by atoms with Crippen molar-refractivity contribution in [1.29, 1.82) is 0 Å². The van der Waals surface area contributed by atoms with Crippen LogP contribution in [0.25, 0.3) is 5.76 Å². The number of amides is 1. The molecule has 1 aromatic carbocycles. The monoisotopic (exact) mass is 558 g/mol. The number of likely N-dealkylation sites (N-methyl/N-ethyl adjacent to an activating group) is 1. The number of Topliss-reactive ketones (excluding diaryl/α,β-unsaturated/α-hetero) is 2. The fraction of sp³-hybridized carbons (Fsp3) is 0.333. The maximum Gasteiger partial charge on any atom is 0.255 e. The number of nitrogens with two attached hydrogens (primary N) is 1. The number of pyridine rings is 1. The van der Waals surface area contributed by atoms with Crippen LogP contribution >= 0.6 is 0 Å². The number of primary amides is 1. The van der Waals surface area contributed by atoms with Crippen LogP contribution in [0.1, 0.15) is 28.7 Å². The van der Waals surface area contributed by atoms with Crippen molar-refractivity contribution >= 4 is 28.9 Å². The van der Waals surface area contributed by atoms with Crippen molar-refractivity contribution in [2.45, 2.75) is 24.5 Å². The van der Waals surface area contributed by atoms with Gasteiger partial charge >= 0.3 is 0 Å². The standard InChI is InChI=1S/C30H30N4O7/c1-33(2)19-12-15(8-7-14-6-5-9-32-13-14)24(35)21-17(19)10-16-11-18-23(34(3)4)26(37)22(29(31)40)28(39)30(18,41)27(38)20(16)25(21)36/h5-6,9,12-13,16,18,23,35-36,39,41H,10-11H2,1-4H3,(H2,31,40)/t16?,18?,23-,30-/m0/s1. The van der Waals surface area contributed by atoms with Crippen molar-refractivity contribution in [3.63, 3.8) is 0 Å². The molecule has 0 spiro atoms. The van der Waals surface area contributed by atoms with E-state index < -0.39 is 58.0 Å². The number of anilines is 1. The third kappa shape index (κ3) is 4.06. The Kier molecular flexibility index (Phi) is 6.64. The van der Waals surface area contributed by atoms with Gasteiger partial charge in [-0.1, -0.05) is 11.8 Å². The van der Waals surface area contributed by atoms with Gasteiger partial charge in [-0.05, 0) is 56.6 Å². The highest BCUT2D eigenvalue weighted by atomic mass is 16.3. The lowest BCUT2D eigenvalue weighted by atomic mass is 9.57. The molecule has 0 aliphatic heterocycles. The number of aromatic hydroxyl groups is 1. The fourth-order valence-electron chi connectivity index (χ4n) is 6.36. The highest BCUT2D eigenvalue weighted by Crippen LogP contribution is 2.54. The van der Waals surface area contributed by atoms with Gasteiger partial charge in [-0.3, -0.25) is 24.3 Å². The highest BCUT2D eigenvalue weighted by molar-refractivity contribution is 6.24. The topological polar surface area (TPSA) is 178 Å². The fourth-order valence-corrected chi connectivity index (χ4v) is 6.36. The number of benzene rings is 1. The van der Waals surface area contributed by atoms with E-state index >= 15 is 0 Å². The minimum atomic E-state index is -2.69. The summed E-state index contributed by atoms with van der Waals surface area (Å²) in [6, 6.07) is 4.02. The van der Waals surface area contributed by atoms with Gasteiger partial charge in [0.05, 0.1) is 17.2 Å². The number of hydrogen-bond donors (Lipinski definition) is 5. The summed E-state index contributed by atoms with van der Waals surface area (Å²) in [5.74, 6) is -1.14. The van der Waals surface area contributed by atoms with E-state index in [1.165, 1.54) is 4.90 Å². The number of carbonyl (C=O) groups excluding carboxylic acids is 3. The van der Waals surface area contributed by atoms with E-state index in [1.807, 2.05) is 0 Å². The van der Waals surface area contributed by atoms with Gasteiger partial charge < -0.3 is 31.1 Å². The smallest absolute Gasteiger partial charge is 0.255 e. The maximum atomic E-state index is 14.0. The van der Waals surface area contributed by atoms with Crippen LogP contribution in [0.5, 0.6) is 5.75 Å². The Morgan fingerprint density at radius 2 is 1.85 bits per heavy atom. The molecule has 1 amide bonds. The number of aromatic nitrogens is 1. The average molecular weight is 559 g/mol. The number of aliphatic hydroxyl groups is 3. The second-order valence-electron chi connectivity index (χ2n) is 11.0. The molecule has 1 heterocycles. The zero-order valence-electron chi connectivity index (χ0n) is 23.0. The van der Waals surface area contributed by atoms with E-state index in [9.17, 15) is 34.8 Å². The van der Waals surface area contributed by atoms with Crippen LogP contribution in [0.3, 0.4) is 0 Å². The Morgan fingerprint density at radius 1 is 1.15 bits per heavy atom. The molecule has 4 atom stereocenters. The maximum absolute atomic E-state index is 14.0. The molecule has 5 rings (SSSR count). The number of nitrogens with zero attached hydrogens (tertiary/aromatic N) is 3. The number of carbonyl (C=O) groups is 3. The molecule has 11 heteroatoms. The summed E-state index contributed by atoms with van der Waals surface area (Å²) >= 11 is 0. The lowest BCUT2D eigenvalue weighted by Crippen LogP contribution is -2.65. The minimum Gasteiger partial charge on any atom is -0.508 e. The van der Waals surface area contributed by atoms with Gasteiger partial charge in [0.15, 0.2) is 11.4 Å². The van der Waals surface area contributed by atoms with Crippen LogP contribution in [0.2, 0.25) is 0 Å². The number of phenols is 1. The predicted octanol–water partition coefficient (Wildman–Crippen LogP) is 0.825. The molecular formula is C30H30N4O7. The molecule has 3 aliphatic carbocycles. The van der Waals surface area contributed by atoms with Crippen molar-refractivity contribution in [2.75, 3.05) is 33.1 Å². The summed E-state index contributed by atoms with van der Waals surface area (Å²) in [6.45, 7) is 0. The van der Waals surface area contributed by atoms with E-state index in [2.05, 4.69) is 16.8 Å². The first kappa shape index (κ1) is 27.9. The lowest BCUT2D eigenvalue weighted by molar-refractivity contribution is -0.153. The highest BCUT2D eigenvalue weighted by Gasteiger charge is 2.64. The molecule has 11 nitrogen and oxygen atoms in total. The Balaban J connectivity index is 1.73. The number of aliphatic hydroxyl groups excluding tert-OH is 2. The van der Waals surface area contributed by atoms with Gasteiger partial charge in [0, 0.05) is 49.2 Å². The second kappa shape index (κ2) is 9.76. The molecule has 3 aliphatic rings. The number of phenolic OH excluding ortho intramolecular Hbond substituents is 1. The molecular weight excluding hydrogens is 528 g/mol. The van der Waals surface area contributed by atoms with Crippen LogP contribution in [-0.2, 0) is 20.8 Å². The Bertz CT molecular complexity index is 1630. The predicted molar refractivity (Wildman–Crippen MR) is 149 cm³/mol. The third-order valence-electron chi connectivity index (χ3n) is 8.18. The molecule has 1 fully saturated rings. The summed E-state index contributed by atoms with van der Waals surface area (Å²) in [5.41, 5.74) is 3.61. The van der Waals surface area contributed by atoms with Crippen molar-refractivity contribution in [3.8, 4) is 17.6 Å². The molecule has 2 aromatic rings. The van der Waals surface area contributed by atoms with Gasteiger partial charge in [0.25, 0.3) is 5.91 Å². The number of ketones is 2. The Labute approximate surface area is 236 Å². The molecule has 41 heavy (non-hydrogen) atoms. The van der Waals surface area contributed by atoms with Gasteiger partial charge in [0.1, 0.15) is 22.8 Å². The quantitative estimate of drug-likeness (QED) is 0.268. The van der Waals surface area contributed by atoms with E-state index in [0.717, 1.165) is 0 Å². The molecule has 0 saturated heterocycles. The first-order chi connectivity index (χ1) is 19.3. The number of fused-ring (bicyclic) bond motifs is 3. The lowest BCUT2D eigenvalue weighted by Gasteiger charge is -2.50. The van der Waals surface area contributed by atoms with Gasteiger partial charge in [-0.25, -0.2) is 0 Å². The molecule has 212 valence electrons.